The Morgan fingerprint density at radius 1 is 0.612 bits per heavy atom. The molecule has 3 aliphatic rings. The van der Waals surface area contributed by atoms with Gasteiger partial charge in [0.1, 0.15) is 0 Å². The molecule has 5 heteroatoms. The maximum Gasteiger partial charge on any atom is 0.0267 e. The van der Waals surface area contributed by atoms with Gasteiger partial charge in [0.25, 0.3) is 0 Å². The number of nitrogens with one attached hydrogen (secondary N) is 1. The van der Waals surface area contributed by atoms with E-state index in [-0.39, 0.29) is 0 Å². The van der Waals surface area contributed by atoms with E-state index in [2.05, 4.69) is 147 Å². The van der Waals surface area contributed by atoms with Crippen LogP contribution in [-0.4, -0.2) is 103 Å². The molecule has 258 valence electrons. The second-order valence-electron chi connectivity index (χ2n) is 15.0. The zero-order valence-corrected chi connectivity index (χ0v) is 29.7. The van der Waals surface area contributed by atoms with Crippen molar-refractivity contribution in [3.05, 3.63) is 143 Å². The fourth-order valence-electron chi connectivity index (χ4n) is 8.67. The van der Waals surface area contributed by atoms with Gasteiger partial charge in [-0.25, -0.2) is 0 Å². The van der Waals surface area contributed by atoms with Crippen LogP contribution in [0, 0.1) is 6.92 Å². The van der Waals surface area contributed by atoms with E-state index in [1.807, 2.05) is 0 Å². The van der Waals surface area contributed by atoms with Gasteiger partial charge in [0, 0.05) is 83.1 Å². The molecule has 7 rings (SSSR count). The standard InChI is InChI=1S/C44H57N5/c1-36-19-21-40(22-20-36)32-48-26-27-49(35-43(48)29-38-14-7-3-8-15-38)44(30-39-16-9-4-10-17-39)34-46-24-11-18-41(46)33-47-25-23-45-31-42(47)28-37-12-5-2-6-13-37/h2-10,12-17,19-22,41-45H,11,18,23-35H2,1H3/t41?,42-,43-,44-/m0/s1. The highest BCUT2D eigenvalue weighted by Gasteiger charge is 2.36. The van der Waals surface area contributed by atoms with Crippen LogP contribution in [0.15, 0.2) is 115 Å². The van der Waals surface area contributed by atoms with Gasteiger partial charge in [0.15, 0.2) is 0 Å². The summed E-state index contributed by atoms with van der Waals surface area (Å²) < 4.78 is 0. The smallest absolute Gasteiger partial charge is 0.0267 e. The summed E-state index contributed by atoms with van der Waals surface area (Å²) in [5, 5.41) is 3.70. The van der Waals surface area contributed by atoms with Gasteiger partial charge >= 0.3 is 0 Å². The largest absolute Gasteiger partial charge is 0.314 e. The van der Waals surface area contributed by atoms with Gasteiger partial charge in [-0.05, 0) is 67.8 Å². The Morgan fingerprint density at radius 2 is 1.27 bits per heavy atom. The van der Waals surface area contributed by atoms with E-state index < -0.39 is 0 Å². The monoisotopic (exact) mass is 655 g/mol. The molecule has 0 saturated carbocycles. The molecule has 5 nitrogen and oxygen atoms in total. The van der Waals surface area contributed by atoms with Crippen molar-refractivity contribution < 1.29 is 0 Å². The van der Waals surface area contributed by atoms with Crippen molar-refractivity contribution in [3.63, 3.8) is 0 Å². The van der Waals surface area contributed by atoms with Crippen LogP contribution in [-0.2, 0) is 25.8 Å². The van der Waals surface area contributed by atoms with Gasteiger partial charge in [-0.3, -0.25) is 19.6 Å². The molecule has 4 aromatic carbocycles. The van der Waals surface area contributed by atoms with Crippen molar-refractivity contribution in [2.45, 2.75) is 69.7 Å². The van der Waals surface area contributed by atoms with Gasteiger partial charge in [-0.15, -0.1) is 0 Å². The minimum Gasteiger partial charge on any atom is -0.314 e. The lowest BCUT2D eigenvalue weighted by molar-refractivity contribution is 0.0257. The zero-order valence-electron chi connectivity index (χ0n) is 29.7. The molecule has 4 atom stereocenters. The molecular weight excluding hydrogens is 599 g/mol. The number of benzene rings is 4. The minimum absolute atomic E-state index is 0.490. The average molecular weight is 656 g/mol. The van der Waals surface area contributed by atoms with Crippen LogP contribution in [0.5, 0.6) is 0 Å². The van der Waals surface area contributed by atoms with Crippen LogP contribution >= 0.6 is 0 Å². The van der Waals surface area contributed by atoms with E-state index >= 15 is 0 Å². The molecule has 3 aliphatic heterocycles. The lowest BCUT2D eigenvalue weighted by Gasteiger charge is -2.46. The van der Waals surface area contributed by atoms with E-state index in [0.717, 1.165) is 71.6 Å². The second-order valence-corrected chi connectivity index (χ2v) is 15.0. The first-order chi connectivity index (χ1) is 24.2. The Morgan fingerprint density at radius 3 is 1.96 bits per heavy atom. The topological polar surface area (TPSA) is 25.0 Å². The highest BCUT2D eigenvalue weighted by atomic mass is 15.3. The number of aryl methyl sites for hydroxylation is 1. The molecule has 3 fully saturated rings. The first-order valence-electron chi connectivity index (χ1n) is 19.0. The quantitative estimate of drug-likeness (QED) is 0.182. The van der Waals surface area contributed by atoms with Crippen LogP contribution in [0.2, 0.25) is 0 Å². The van der Waals surface area contributed by atoms with Crippen LogP contribution in [0.25, 0.3) is 0 Å². The van der Waals surface area contributed by atoms with Gasteiger partial charge in [0.2, 0.25) is 0 Å². The predicted octanol–water partition coefficient (Wildman–Crippen LogP) is 6.32. The maximum absolute atomic E-state index is 3.70. The zero-order chi connectivity index (χ0) is 33.3. The lowest BCUT2D eigenvalue weighted by Crippen LogP contribution is -2.59. The third-order valence-corrected chi connectivity index (χ3v) is 11.5. The van der Waals surface area contributed by atoms with E-state index in [9.17, 15) is 0 Å². The average Bonchev–Trinajstić information content (AvgIpc) is 3.58. The fourth-order valence-corrected chi connectivity index (χ4v) is 8.67. The highest BCUT2D eigenvalue weighted by molar-refractivity contribution is 5.23. The second kappa shape index (κ2) is 17.1. The van der Waals surface area contributed by atoms with Crippen molar-refractivity contribution >= 4 is 0 Å². The van der Waals surface area contributed by atoms with Gasteiger partial charge in [-0.2, -0.15) is 0 Å². The molecule has 4 aromatic rings. The number of likely N-dealkylation sites (tertiary alicyclic amines) is 1. The molecule has 0 radical (unpaired) electrons. The van der Waals surface area contributed by atoms with Crippen molar-refractivity contribution in [2.24, 2.45) is 0 Å². The molecular formula is C44H57N5. The Bertz CT molecular complexity index is 1530. The van der Waals surface area contributed by atoms with Crippen LogP contribution < -0.4 is 5.32 Å². The molecule has 0 amide bonds. The number of piperazine rings is 2. The predicted molar refractivity (Wildman–Crippen MR) is 204 cm³/mol. The molecule has 49 heavy (non-hydrogen) atoms. The van der Waals surface area contributed by atoms with Crippen LogP contribution in [0.3, 0.4) is 0 Å². The molecule has 0 aliphatic carbocycles. The van der Waals surface area contributed by atoms with Crippen LogP contribution in [0.1, 0.15) is 40.7 Å². The number of nitrogens with zero attached hydrogens (tertiary/aromatic N) is 4. The van der Waals surface area contributed by atoms with Crippen molar-refractivity contribution in [3.8, 4) is 0 Å². The molecule has 1 unspecified atom stereocenters. The van der Waals surface area contributed by atoms with Gasteiger partial charge in [0.05, 0.1) is 0 Å². The third kappa shape index (κ3) is 9.48. The summed E-state index contributed by atoms with van der Waals surface area (Å²) in [6.45, 7) is 13.5. The SMILES string of the molecule is Cc1ccc(CN2CCN([C@@H](Cc3ccccc3)CN3CCCC3CN3CCNC[C@@H]3Cc3ccccc3)C[C@@H]2Cc2ccccc2)cc1. The number of hydrogen-bond donors (Lipinski definition) is 1. The highest BCUT2D eigenvalue weighted by Crippen LogP contribution is 2.26. The maximum atomic E-state index is 3.70. The third-order valence-electron chi connectivity index (χ3n) is 11.5. The Kier molecular flexibility index (Phi) is 11.9. The molecule has 0 spiro atoms. The summed E-state index contributed by atoms with van der Waals surface area (Å²) in [5.74, 6) is 0. The number of rotatable bonds is 13. The minimum atomic E-state index is 0.490. The first kappa shape index (κ1) is 34.1. The van der Waals surface area contributed by atoms with Crippen LogP contribution in [0.4, 0.5) is 0 Å². The summed E-state index contributed by atoms with van der Waals surface area (Å²) >= 11 is 0. The lowest BCUT2D eigenvalue weighted by atomic mass is 9.97. The van der Waals surface area contributed by atoms with E-state index in [1.54, 1.807) is 0 Å². The van der Waals surface area contributed by atoms with E-state index in [1.165, 1.54) is 53.7 Å². The van der Waals surface area contributed by atoms with E-state index in [0.29, 0.717) is 24.2 Å². The summed E-state index contributed by atoms with van der Waals surface area (Å²) in [7, 11) is 0. The van der Waals surface area contributed by atoms with Gasteiger partial charge in [-0.1, -0.05) is 121 Å². The Hall–Kier alpha value is -3.32. The number of hydrogen-bond acceptors (Lipinski definition) is 5. The normalized spacial score (nSPS) is 23.5. The van der Waals surface area contributed by atoms with Gasteiger partial charge < -0.3 is 5.32 Å². The molecule has 1 N–H and O–H groups in total. The fraction of sp³-hybridized carbons (Fsp3) is 0.455. The summed E-state index contributed by atoms with van der Waals surface area (Å²) in [4.78, 5) is 11.4. The summed E-state index contributed by atoms with van der Waals surface area (Å²) in [6.07, 6.45) is 5.98. The van der Waals surface area contributed by atoms with E-state index in [4.69, 9.17) is 0 Å². The van der Waals surface area contributed by atoms with Crippen molar-refractivity contribution in [1.82, 2.24) is 24.9 Å². The Balaban J connectivity index is 1.07. The molecule has 0 aromatic heterocycles. The Labute approximate surface area is 295 Å². The van der Waals surface area contributed by atoms with Crippen molar-refractivity contribution in [2.75, 3.05) is 58.9 Å². The summed E-state index contributed by atoms with van der Waals surface area (Å²) in [5.41, 5.74) is 7.14. The molecule has 0 bridgehead atoms. The first-order valence-corrected chi connectivity index (χ1v) is 19.0. The molecule has 3 saturated heterocycles. The van der Waals surface area contributed by atoms with Crippen molar-refractivity contribution in [1.29, 1.82) is 0 Å². The molecule has 3 heterocycles. The summed E-state index contributed by atoms with van der Waals surface area (Å²) in [6, 6.07) is 45.0.